The van der Waals surface area contributed by atoms with Gasteiger partial charge in [0.2, 0.25) is 0 Å². The molecule has 2 aromatic carbocycles. The van der Waals surface area contributed by atoms with E-state index < -0.39 is 0 Å². The van der Waals surface area contributed by atoms with Crippen LogP contribution in [0.5, 0.6) is 0 Å². The van der Waals surface area contributed by atoms with E-state index in [2.05, 4.69) is 170 Å². The minimum Gasteiger partial charge on any atom is -0.342 e. The van der Waals surface area contributed by atoms with Crippen LogP contribution < -0.4 is 4.90 Å². The molecule has 2 bridgehead atoms. The van der Waals surface area contributed by atoms with Gasteiger partial charge < -0.3 is 4.90 Å². The molecule has 10 rings (SSSR count). The van der Waals surface area contributed by atoms with Crippen molar-refractivity contribution in [2.24, 2.45) is 11.3 Å². The van der Waals surface area contributed by atoms with Gasteiger partial charge in [0.1, 0.15) is 0 Å². The predicted molar refractivity (Wildman–Crippen MR) is 240 cm³/mol. The fourth-order valence-electron chi connectivity index (χ4n) is 11.5. The number of nitrogens with zero attached hydrogens (tertiary/aromatic N) is 1. The first kappa shape index (κ1) is 36.0. The number of hydrogen-bond acceptors (Lipinski definition) is 1. The third-order valence-corrected chi connectivity index (χ3v) is 14.0. The molecule has 4 atom stereocenters. The van der Waals surface area contributed by atoms with Crippen LogP contribution in [-0.2, 0) is 0 Å². The first-order valence-electron chi connectivity index (χ1n) is 21.8. The standard InChI is InChI=1S/C56H55N/c1-39-16-14-21-43(34-39)49(42-18-6-3-7-19-42)31-28-41-29-32-51-52-33-30-48(57(46-23-8-4-9-24-46)47-25-15-17-40(2)35-47)38-55(52)56(54(51)36-41)45-22-13-12-20-44(37-45)50-26-10-5-11-27-53(50)56/h3-8,10-13,15,17-23,25,27,34-37,45,48-49H,9,14,16,24,28-33,38H2,1-2H3/t45?,48?,49?,56-/m0/s1. The Kier molecular flexibility index (Phi) is 9.60. The van der Waals surface area contributed by atoms with Gasteiger partial charge in [-0.2, -0.15) is 0 Å². The highest BCUT2D eigenvalue weighted by molar-refractivity contribution is 5.75. The SMILES string of the molecule is CC1=CC(C(CCC2=CC3=C(CC2)C2=C(CC(N(C4=CC=CCC4)c4cccc(C)c4)CC2)[C@@]32C3=CC=CC=C=C3C3=CC2C=CC=C3)c2ccccc2)=CCC1. The van der Waals surface area contributed by atoms with E-state index in [0.29, 0.717) is 12.0 Å². The third kappa shape index (κ3) is 6.42. The molecule has 1 spiro atoms. The Labute approximate surface area is 341 Å². The van der Waals surface area contributed by atoms with Gasteiger partial charge in [0.15, 0.2) is 0 Å². The van der Waals surface area contributed by atoms with Crippen molar-refractivity contribution >= 4 is 5.69 Å². The first-order valence-corrected chi connectivity index (χ1v) is 21.8. The molecule has 1 heteroatoms. The van der Waals surface area contributed by atoms with Gasteiger partial charge in [-0.1, -0.05) is 133 Å². The molecule has 0 aromatic heterocycles. The van der Waals surface area contributed by atoms with Crippen molar-refractivity contribution in [3.63, 3.8) is 0 Å². The van der Waals surface area contributed by atoms with Crippen molar-refractivity contribution in [1.29, 1.82) is 0 Å². The highest BCUT2D eigenvalue weighted by Crippen LogP contribution is 2.67. The lowest BCUT2D eigenvalue weighted by Gasteiger charge is -2.48. The Hall–Kier alpha value is -5.36. The minimum atomic E-state index is -0.254. The summed E-state index contributed by atoms with van der Waals surface area (Å²) in [6.07, 6.45) is 48.3. The zero-order valence-corrected chi connectivity index (χ0v) is 33.8. The van der Waals surface area contributed by atoms with Crippen molar-refractivity contribution in [3.05, 3.63) is 224 Å². The number of rotatable bonds is 8. The largest absolute Gasteiger partial charge is 0.342 e. The Bertz CT molecular complexity index is 2440. The monoisotopic (exact) mass is 741 g/mol. The number of allylic oxidation sites excluding steroid dienone is 24. The summed E-state index contributed by atoms with van der Waals surface area (Å²) in [6, 6.07) is 21.0. The summed E-state index contributed by atoms with van der Waals surface area (Å²) < 4.78 is 0. The fraction of sp³-hybridized carbons (Fsp3) is 0.304. The molecule has 57 heavy (non-hydrogen) atoms. The summed E-state index contributed by atoms with van der Waals surface area (Å²) >= 11 is 0. The Morgan fingerprint density at radius 2 is 1.77 bits per heavy atom. The summed E-state index contributed by atoms with van der Waals surface area (Å²) in [4.78, 5) is 2.75. The molecule has 0 N–H and O–H groups in total. The van der Waals surface area contributed by atoms with Gasteiger partial charge in [0.05, 0.1) is 5.41 Å². The van der Waals surface area contributed by atoms with Gasteiger partial charge in [-0.05, 0) is 159 Å². The van der Waals surface area contributed by atoms with E-state index in [1.165, 1.54) is 63.2 Å². The van der Waals surface area contributed by atoms with Crippen LogP contribution in [0.2, 0.25) is 0 Å². The number of aryl methyl sites for hydroxylation is 1. The Morgan fingerprint density at radius 3 is 2.63 bits per heavy atom. The number of hydrogen-bond donors (Lipinski definition) is 0. The zero-order valence-electron chi connectivity index (χ0n) is 33.8. The Morgan fingerprint density at radius 1 is 0.842 bits per heavy atom. The average molecular weight is 742 g/mol. The van der Waals surface area contributed by atoms with Crippen molar-refractivity contribution < 1.29 is 0 Å². The summed E-state index contributed by atoms with van der Waals surface area (Å²) in [5, 5.41) is 0. The van der Waals surface area contributed by atoms with Gasteiger partial charge in [0.25, 0.3) is 0 Å². The molecule has 0 saturated carbocycles. The topological polar surface area (TPSA) is 3.24 Å². The van der Waals surface area contributed by atoms with Crippen molar-refractivity contribution in [1.82, 2.24) is 0 Å². The number of anilines is 1. The molecule has 3 unspecified atom stereocenters. The van der Waals surface area contributed by atoms with Gasteiger partial charge in [-0.15, -0.1) is 5.73 Å². The quantitative estimate of drug-likeness (QED) is 0.244. The molecule has 8 aliphatic rings. The molecule has 0 amide bonds. The van der Waals surface area contributed by atoms with Gasteiger partial charge in [-0.25, -0.2) is 0 Å². The van der Waals surface area contributed by atoms with Crippen LogP contribution in [0.4, 0.5) is 5.69 Å². The molecule has 0 heterocycles. The lowest BCUT2D eigenvalue weighted by molar-refractivity contribution is 0.399. The van der Waals surface area contributed by atoms with Crippen LogP contribution in [0.3, 0.4) is 0 Å². The molecule has 0 fully saturated rings. The second-order valence-corrected chi connectivity index (χ2v) is 17.5. The van der Waals surface area contributed by atoms with Gasteiger partial charge in [0, 0.05) is 34.8 Å². The van der Waals surface area contributed by atoms with Crippen molar-refractivity contribution in [2.75, 3.05) is 4.90 Å². The number of fused-ring (bicyclic) bond motifs is 8. The van der Waals surface area contributed by atoms with E-state index in [9.17, 15) is 0 Å². The van der Waals surface area contributed by atoms with E-state index >= 15 is 0 Å². The van der Waals surface area contributed by atoms with Crippen LogP contribution in [0.15, 0.2) is 213 Å². The zero-order chi connectivity index (χ0) is 38.3. The summed E-state index contributed by atoms with van der Waals surface area (Å²) in [5.41, 5.74) is 24.4. The minimum absolute atomic E-state index is 0.236. The van der Waals surface area contributed by atoms with Crippen LogP contribution in [0, 0.1) is 18.3 Å². The van der Waals surface area contributed by atoms with Crippen LogP contribution in [-0.4, -0.2) is 6.04 Å². The average Bonchev–Trinajstić information content (AvgIpc) is 3.46. The van der Waals surface area contributed by atoms with E-state index in [0.717, 1.165) is 57.8 Å². The smallest absolute Gasteiger partial charge is 0.0530 e. The maximum absolute atomic E-state index is 3.82. The molecule has 8 aliphatic carbocycles. The van der Waals surface area contributed by atoms with Gasteiger partial charge >= 0.3 is 0 Å². The molecular formula is C56H55N. The van der Waals surface area contributed by atoms with E-state index in [1.54, 1.807) is 27.9 Å². The lowest BCUT2D eigenvalue weighted by atomic mass is 9.55. The molecule has 1 nitrogen and oxygen atoms in total. The molecular weight excluding hydrogens is 687 g/mol. The van der Waals surface area contributed by atoms with Crippen LogP contribution in [0.25, 0.3) is 0 Å². The first-order chi connectivity index (χ1) is 28.1. The molecule has 0 radical (unpaired) electrons. The normalized spacial score (nSPS) is 26.2. The second-order valence-electron chi connectivity index (χ2n) is 17.5. The van der Waals surface area contributed by atoms with Crippen molar-refractivity contribution in [2.45, 2.75) is 96.4 Å². The van der Waals surface area contributed by atoms with Crippen molar-refractivity contribution in [3.8, 4) is 0 Å². The van der Waals surface area contributed by atoms with E-state index in [-0.39, 0.29) is 11.3 Å². The molecule has 2 aromatic rings. The Balaban J connectivity index is 1.08. The van der Waals surface area contributed by atoms with E-state index in [1.807, 2.05) is 0 Å². The second kappa shape index (κ2) is 15.2. The van der Waals surface area contributed by atoms with Gasteiger partial charge in [-0.3, -0.25) is 0 Å². The third-order valence-electron chi connectivity index (χ3n) is 14.0. The fourth-order valence-corrected chi connectivity index (χ4v) is 11.5. The predicted octanol–water partition coefficient (Wildman–Crippen LogP) is 14.4. The summed E-state index contributed by atoms with van der Waals surface area (Å²) in [6.45, 7) is 4.55. The van der Waals surface area contributed by atoms with Crippen LogP contribution >= 0.6 is 0 Å². The summed E-state index contributed by atoms with van der Waals surface area (Å²) in [5.74, 6) is 0.656. The highest BCUT2D eigenvalue weighted by Gasteiger charge is 2.56. The highest BCUT2D eigenvalue weighted by atomic mass is 15.2. The van der Waals surface area contributed by atoms with Crippen LogP contribution in [0.1, 0.15) is 94.6 Å². The maximum atomic E-state index is 3.82. The maximum Gasteiger partial charge on any atom is 0.0530 e. The molecule has 284 valence electrons. The molecule has 0 saturated heterocycles. The number of benzene rings is 2. The molecule has 0 aliphatic heterocycles. The lowest BCUT2D eigenvalue weighted by Crippen LogP contribution is -2.42. The summed E-state index contributed by atoms with van der Waals surface area (Å²) in [7, 11) is 0. The van der Waals surface area contributed by atoms with E-state index in [4.69, 9.17) is 0 Å².